The molecule has 1 aromatic heterocycles. The second kappa shape index (κ2) is 8.78. The molecule has 1 aliphatic heterocycles. The number of rotatable bonds is 6. The number of aromatic nitrogens is 2. The third kappa shape index (κ3) is 4.85. The molecular weight excluding hydrogens is 366 g/mol. The van der Waals surface area contributed by atoms with Gasteiger partial charge in [0.25, 0.3) is 5.91 Å². The topological polar surface area (TPSA) is 84.6 Å². The number of hydrogen-bond donors (Lipinski definition) is 1. The van der Waals surface area contributed by atoms with Crippen molar-refractivity contribution in [1.29, 1.82) is 0 Å². The summed E-state index contributed by atoms with van der Waals surface area (Å²) in [6, 6.07) is 9.58. The zero-order valence-corrected chi connectivity index (χ0v) is 17.0. The number of carbonyl (C=O) groups is 1. The molecule has 1 aliphatic carbocycles. The molecule has 2 N–H and O–H groups in total. The number of likely N-dealkylation sites (tertiary alicyclic amines) is 1. The summed E-state index contributed by atoms with van der Waals surface area (Å²) >= 11 is 0. The molecule has 1 saturated carbocycles. The van der Waals surface area contributed by atoms with Crippen molar-refractivity contribution in [3.05, 3.63) is 47.9 Å². The first-order valence-corrected chi connectivity index (χ1v) is 10.4. The zero-order chi connectivity index (χ0) is 20.2. The molecule has 7 heteroatoms. The van der Waals surface area contributed by atoms with Gasteiger partial charge < -0.3 is 15.4 Å². The summed E-state index contributed by atoms with van der Waals surface area (Å²) in [5.74, 6) is 2.05. The molecule has 2 aliphatic rings. The highest BCUT2D eigenvalue weighted by molar-refractivity contribution is 5.94. The Bertz CT molecular complexity index is 853. The van der Waals surface area contributed by atoms with Gasteiger partial charge in [-0.15, -0.1) is 0 Å². The molecule has 2 aromatic rings. The lowest BCUT2D eigenvalue weighted by Gasteiger charge is -2.24. The van der Waals surface area contributed by atoms with E-state index in [0.29, 0.717) is 36.4 Å². The van der Waals surface area contributed by atoms with Gasteiger partial charge in [0, 0.05) is 30.9 Å². The number of nitrogens with zero attached hydrogens (tertiary/aromatic N) is 4. The minimum absolute atomic E-state index is 0.0676. The summed E-state index contributed by atoms with van der Waals surface area (Å²) in [6.45, 7) is 2.06. The summed E-state index contributed by atoms with van der Waals surface area (Å²) in [6.07, 6.45) is 7.57. The van der Waals surface area contributed by atoms with Crippen LogP contribution in [0, 0.1) is 0 Å². The van der Waals surface area contributed by atoms with Crippen LogP contribution in [-0.2, 0) is 6.54 Å². The number of ether oxygens (including phenoxy) is 1. The van der Waals surface area contributed by atoms with E-state index in [1.54, 1.807) is 12.3 Å². The second-order valence-electron chi connectivity index (χ2n) is 8.06. The molecule has 154 valence electrons. The summed E-state index contributed by atoms with van der Waals surface area (Å²) in [4.78, 5) is 25.7. The van der Waals surface area contributed by atoms with Crippen molar-refractivity contribution in [2.45, 2.75) is 50.8 Å². The molecule has 2 fully saturated rings. The van der Waals surface area contributed by atoms with E-state index < -0.39 is 0 Å². The van der Waals surface area contributed by atoms with Gasteiger partial charge in [0.1, 0.15) is 17.4 Å². The van der Waals surface area contributed by atoms with Crippen LogP contribution in [-0.4, -0.2) is 58.0 Å². The monoisotopic (exact) mass is 395 g/mol. The van der Waals surface area contributed by atoms with Crippen LogP contribution < -0.4 is 10.5 Å². The number of benzene rings is 1. The Morgan fingerprint density at radius 2 is 2.10 bits per heavy atom. The fourth-order valence-electron chi connectivity index (χ4n) is 4.21. The number of carbonyl (C=O) groups excluding carboxylic acids is 1. The molecule has 0 bridgehead atoms. The number of likely N-dealkylation sites (N-methyl/N-ethyl adjacent to an activating group) is 1. The van der Waals surface area contributed by atoms with E-state index in [4.69, 9.17) is 10.5 Å². The first-order valence-electron chi connectivity index (χ1n) is 10.4. The van der Waals surface area contributed by atoms with Crippen LogP contribution in [0.3, 0.4) is 0 Å². The predicted octanol–water partition coefficient (Wildman–Crippen LogP) is 2.73. The average Bonchev–Trinajstić information content (AvgIpc) is 3.40. The van der Waals surface area contributed by atoms with Crippen LogP contribution in [0.4, 0.5) is 5.82 Å². The molecule has 0 spiro atoms. The molecule has 29 heavy (non-hydrogen) atoms. The quantitative estimate of drug-likeness (QED) is 0.810. The van der Waals surface area contributed by atoms with Gasteiger partial charge >= 0.3 is 0 Å². The molecule has 4 rings (SSSR count). The highest BCUT2D eigenvalue weighted by atomic mass is 16.5. The normalized spacial score (nSPS) is 19.8. The van der Waals surface area contributed by atoms with E-state index in [-0.39, 0.29) is 11.9 Å². The maximum absolute atomic E-state index is 13.0. The minimum Gasteiger partial charge on any atom is -0.490 e. The van der Waals surface area contributed by atoms with E-state index in [1.165, 1.54) is 12.8 Å². The Morgan fingerprint density at radius 3 is 2.90 bits per heavy atom. The van der Waals surface area contributed by atoms with Crippen molar-refractivity contribution in [3.8, 4) is 5.75 Å². The lowest BCUT2D eigenvalue weighted by molar-refractivity contribution is 0.0778. The van der Waals surface area contributed by atoms with Crippen molar-refractivity contribution in [2.75, 3.05) is 25.9 Å². The fraction of sp³-hybridized carbons (Fsp3) is 0.500. The van der Waals surface area contributed by atoms with E-state index in [2.05, 4.69) is 14.9 Å². The van der Waals surface area contributed by atoms with Gasteiger partial charge in [-0.3, -0.25) is 9.69 Å². The first kappa shape index (κ1) is 19.6. The Labute approximate surface area is 171 Å². The van der Waals surface area contributed by atoms with Gasteiger partial charge in [0.2, 0.25) is 0 Å². The molecule has 2 heterocycles. The minimum atomic E-state index is 0.0676. The predicted molar refractivity (Wildman–Crippen MR) is 112 cm³/mol. The highest BCUT2D eigenvalue weighted by Gasteiger charge is 2.30. The van der Waals surface area contributed by atoms with Crippen molar-refractivity contribution >= 4 is 11.7 Å². The van der Waals surface area contributed by atoms with Crippen LogP contribution in [0.25, 0.3) is 0 Å². The Kier molecular flexibility index (Phi) is 5.94. The maximum atomic E-state index is 13.0. The van der Waals surface area contributed by atoms with Gasteiger partial charge in [-0.25, -0.2) is 9.97 Å². The summed E-state index contributed by atoms with van der Waals surface area (Å²) in [5.41, 5.74) is 6.44. The SMILES string of the molecule is CN(Cc1nccc(N)n1)[C@@H]1CCN(C(=O)c2cccc(OC3CCCC3)c2)C1. The molecule has 1 amide bonds. The van der Waals surface area contributed by atoms with Crippen molar-refractivity contribution < 1.29 is 9.53 Å². The zero-order valence-electron chi connectivity index (χ0n) is 17.0. The molecule has 0 unspecified atom stereocenters. The Balaban J connectivity index is 1.35. The maximum Gasteiger partial charge on any atom is 0.254 e. The summed E-state index contributed by atoms with van der Waals surface area (Å²) in [7, 11) is 2.04. The Hall–Kier alpha value is -2.67. The smallest absolute Gasteiger partial charge is 0.254 e. The average molecular weight is 396 g/mol. The third-order valence-corrected chi connectivity index (χ3v) is 5.88. The van der Waals surface area contributed by atoms with Gasteiger partial charge in [-0.1, -0.05) is 6.07 Å². The lowest BCUT2D eigenvalue weighted by Crippen LogP contribution is -2.36. The van der Waals surface area contributed by atoms with Gasteiger partial charge in [0.15, 0.2) is 0 Å². The van der Waals surface area contributed by atoms with E-state index in [9.17, 15) is 4.79 Å². The Morgan fingerprint density at radius 1 is 1.28 bits per heavy atom. The number of hydrogen-bond acceptors (Lipinski definition) is 6. The third-order valence-electron chi connectivity index (χ3n) is 5.88. The number of nitrogen functional groups attached to an aromatic ring is 1. The molecule has 0 radical (unpaired) electrons. The summed E-state index contributed by atoms with van der Waals surface area (Å²) in [5, 5.41) is 0. The van der Waals surface area contributed by atoms with Gasteiger partial charge in [-0.05, 0) is 63.4 Å². The number of anilines is 1. The van der Waals surface area contributed by atoms with Crippen LogP contribution >= 0.6 is 0 Å². The summed E-state index contributed by atoms with van der Waals surface area (Å²) < 4.78 is 6.06. The van der Waals surface area contributed by atoms with Crippen molar-refractivity contribution in [2.24, 2.45) is 0 Å². The fourth-order valence-corrected chi connectivity index (χ4v) is 4.21. The van der Waals surface area contributed by atoms with Crippen LogP contribution in [0.5, 0.6) is 5.75 Å². The van der Waals surface area contributed by atoms with Gasteiger partial charge in [0.05, 0.1) is 12.6 Å². The molecule has 1 saturated heterocycles. The van der Waals surface area contributed by atoms with Crippen molar-refractivity contribution in [1.82, 2.24) is 19.8 Å². The molecule has 1 atom stereocenters. The second-order valence-corrected chi connectivity index (χ2v) is 8.06. The van der Waals surface area contributed by atoms with E-state index in [1.807, 2.05) is 36.2 Å². The van der Waals surface area contributed by atoms with E-state index >= 15 is 0 Å². The standard InChI is InChI=1S/C22H29N5O2/c1-26(15-21-24-11-9-20(23)25-21)17-10-12-27(14-17)22(28)16-5-4-8-19(13-16)29-18-6-2-3-7-18/h4-5,8-9,11,13,17-18H,2-3,6-7,10,12,14-15H2,1H3,(H2,23,24,25)/t17-/m1/s1. The first-order chi connectivity index (χ1) is 14.1. The van der Waals surface area contributed by atoms with Crippen LogP contribution in [0.15, 0.2) is 36.5 Å². The largest absolute Gasteiger partial charge is 0.490 e. The van der Waals surface area contributed by atoms with Crippen molar-refractivity contribution in [3.63, 3.8) is 0 Å². The van der Waals surface area contributed by atoms with Gasteiger partial charge in [-0.2, -0.15) is 0 Å². The highest BCUT2D eigenvalue weighted by Crippen LogP contribution is 2.25. The molecule has 7 nitrogen and oxygen atoms in total. The van der Waals surface area contributed by atoms with E-state index in [0.717, 1.165) is 31.6 Å². The lowest BCUT2D eigenvalue weighted by atomic mass is 10.2. The van der Waals surface area contributed by atoms with Crippen LogP contribution in [0.2, 0.25) is 0 Å². The number of nitrogens with two attached hydrogens (primary N) is 1. The van der Waals surface area contributed by atoms with Crippen LogP contribution in [0.1, 0.15) is 48.3 Å². The molecule has 1 aromatic carbocycles. The number of amides is 1. The molecular formula is C22H29N5O2.